The lowest BCUT2D eigenvalue weighted by molar-refractivity contribution is 0.0501. The average Bonchev–Trinajstić information content (AvgIpc) is 2.42. The van der Waals surface area contributed by atoms with E-state index in [1.54, 1.807) is 0 Å². The van der Waals surface area contributed by atoms with Crippen molar-refractivity contribution in [1.29, 1.82) is 0 Å². The number of alkyl carbamates (subject to hydrolysis) is 1. The van der Waals surface area contributed by atoms with E-state index in [2.05, 4.69) is 24.5 Å². The Labute approximate surface area is 130 Å². The van der Waals surface area contributed by atoms with E-state index in [0.717, 1.165) is 18.9 Å². The van der Waals surface area contributed by atoms with E-state index in [-0.39, 0.29) is 12.1 Å². The summed E-state index contributed by atoms with van der Waals surface area (Å²) < 4.78 is 5.32. The number of amides is 1. The van der Waals surface area contributed by atoms with Crippen LogP contribution in [0.5, 0.6) is 0 Å². The van der Waals surface area contributed by atoms with Crippen LogP contribution >= 0.6 is 0 Å². The fourth-order valence-corrected chi connectivity index (χ4v) is 2.90. The van der Waals surface area contributed by atoms with Crippen LogP contribution in [0.15, 0.2) is 0 Å². The lowest BCUT2D eigenvalue weighted by Crippen LogP contribution is -2.47. The number of ether oxygens (including phenoxy) is 1. The topological polar surface area (TPSA) is 50.4 Å². The molecule has 0 saturated heterocycles. The summed E-state index contributed by atoms with van der Waals surface area (Å²) in [5, 5.41) is 6.56. The van der Waals surface area contributed by atoms with Crippen molar-refractivity contribution in [3.8, 4) is 0 Å². The van der Waals surface area contributed by atoms with Crippen LogP contribution in [0.2, 0.25) is 0 Å². The van der Waals surface area contributed by atoms with Crippen molar-refractivity contribution in [1.82, 2.24) is 10.6 Å². The summed E-state index contributed by atoms with van der Waals surface area (Å²) in [5.74, 6) is 0.790. The summed E-state index contributed by atoms with van der Waals surface area (Å²) in [6, 6.07) is 0.658. The second-order valence-corrected chi connectivity index (χ2v) is 7.35. The highest BCUT2D eigenvalue weighted by Crippen LogP contribution is 2.26. The van der Waals surface area contributed by atoms with Gasteiger partial charge in [0.2, 0.25) is 0 Å². The number of carbonyl (C=O) groups is 1. The Hall–Kier alpha value is -0.770. The van der Waals surface area contributed by atoms with Gasteiger partial charge in [-0.25, -0.2) is 4.79 Å². The van der Waals surface area contributed by atoms with Gasteiger partial charge in [-0.2, -0.15) is 0 Å². The molecule has 21 heavy (non-hydrogen) atoms. The molecule has 124 valence electrons. The van der Waals surface area contributed by atoms with Crippen molar-refractivity contribution >= 4 is 6.09 Å². The van der Waals surface area contributed by atoms with Crippen molar-refractivity contribution in [3.05, 3.63) is 0 Å². The molecule has 4 nitrogen and oxygen atoms in total. The summed E-state index contributed by atoms with van der Waals surface area (Å²) in [7, 11) is 0. The van der Waals surface area contributed by atoms with E-state index in [1.165, 1.54) is 32.1 Å². The maximum atomic E-state index is 11.8. The second-order valence-electron chi connectivity index (χ2n) is 7.35. The molecule has 0 spiro atoms. The first-order valence-corrected chi connectivity index (χ1v) is 8.54. The average molecular weight is 298 g/mol. The predicted molar refractivity (Wildman–Crippen MR) is 87.5 cm³/mol. The molecule has 2 unspecified atom stereocenters. The number of carbonyl (C=O) groups excluding carboxylic acids is 1. The van der Waals surface area contributed by atoms with E-state index in [1.807, 2.05) is 20.8 Å². The molecule has 0 aromatic heterocycles. The maximum absolute atomic E-state index is 11.8. The van der Waals surface area contributed by atoms with Crippen LogP contribution < -0.4 is 10.6 Å². The first-order valence-electron chi connectivity index (χ1n) is 8.54. The van der Waals surface area contributed by atoms with Gasteiger partial charge in [-0.15, -0.1) is 0 Å². The summed E-state index contributed by atoms with van der Waals surface area (Å²) >= 11 is 0. The minimum absolute atomic E-state index is 0.130. The molecular weight excluding hydrogens is 264 g/mol. The molecule has 1 aliphatic carbocycles. The van der Waals surface area contributed by atoms with Gasteiger partial charge in [-0.3, -0.25) is 0 Å². The first kappa shape index (κ1) is 18.3. The van der Waals surface area contributed by atoms with Crippen LogP contribution in [0.1, 0.15) is 73.1 Å². The first-order chi connectivity index (χ1) is 9.81. The standard InChI is InChI=1S/C17H34N2O2/c1-6-15(19-16(20)21-17(3,4)5)12-18-13(2)14-10-8-7-9-11-14/h13-15,18H,6-12H2,1-5H3,(H,19,20). The largest absolute Gasteiger partial charge is 0.444 e. The lowest BCUT2D eigenvalue weighted by atomic mass is 9.84. The predicted octanol–water partition coefficient (Wildman–Crippen LogP) is 3.85. The zero-order valence-electron chi connectivity index (χ0n) is 14.5. The van der Waals surface area contributed by atoms with E-state index in [0.29, 0.717) is 6.04 Å². The summed E-state index contributed by atoms with van der Waals surface area (Å²) in [4.78, 5) is 11.8. The van der Waals surface area contributed by atoms with E-state index in [4.69, 9.17) is 4.74 Å². The van der Waals surface area contributed by atoms with Crippen molar-refractivity contribution in [2.75, 3.05) is 6.54 Å². The van der Waals surface area contributed by atoms with Gasteiger partial charge < -0.3 is 15.4 Å². The Morgan fingerprint density at radius 1 is 1.24 bits per heavy atom. The van der Waals surface area contributed by atoms with Crippen molar-refractivity contribution in [2.45, 2.75) is 90.8 Å². The third kappa shape index (κ3) is 7.70. The number of hydrogen-bond acceptors (Lipinski definition) is 3. The van der Waals surface area contributed by atoms with Gasteiger partial charge in [-0.05, 0) is 52.9 Å². The molecular formula is C17H34N2O2. The minimum Gasteiger partial charge on any atom is -0.444 e. The van der Waals surface area contributed by atoms with Crippen LogP contribution in [0.25, 0.3) is 0 Å². The number of hydrogen-bond donors (Lipinski definition) is 2. The Bertz CT molecular complexity index is 306. The fraction of sp³-hybridized carbons (Fsp3) is 0.941. The Morgan fingerprint density at radius 2 is 1.86 bits per heavy atom. The molecule has 1 rings (SSSR count). The van der Waals surface area contributed by atoms with Gasteiger partial charge in [0.05, 0.1) is 0 Å². The van der Waals surface area contributed by atoms with E-state index < -0.39 is 5.60 Å². The van der Waals surface area contributed by atoms with Gasteiger partial charge in [0, 0.05) is 18.6 Å². The molecule has 1 fully saturated rings. The third-order valence-corrected chi connectivity index (χ3v) is 4.26. The van der Waals surface area contributed by atoms with Crippen LogP contribution in [0, 0.1) is 5.92 Å². The molecule has 0 bridgehead atoms. The van der Waals surface area contributed by atoms with Crippen molar-refractivity contribution in [3.63, 3.8) is 0 Å². The number of rotatable bonds is 6. The summed E-state index contributed by atoms with van der Waals surface area (Å²) in [5.41, 5.74) is -0.439. The van der Waals surface area contributed by atoms with E-state index in [9.17, 15) is 4.79 Å². The Kier molecular flexibility index (Phi) is 7.50. The van der Waals surface area contributed by atoms with Crippen molar-refractivity contribution < 1.29 is 9.53 Å². The zero-order valence-corrected chi connectivity index (χ0v) is 14.5. The molecule has 1 amide bonds. The molecule has 2 N–H and O–H groups in total. The highest BCUT2D eigenvalue weighted by atomic mass is 16.6. The van der Waals surface area contributed by atoms with Crippen molar-refractivity contribution in [2.24, 2.45) is 5.92 Å². The molecule has 4 heteroatoms. The lowest BCUT2D eigenvalue weighted by Gasteiger charge is -2.30. The second kappa shape index (κ2) is 8.62. The van der Waals surface area contributed by atoms with E-state index >= 15 is 0 Å². The van der Waals surface area contributed by atoms with Crippen LogP contribution in [-0.4, -0.2) is 30.3 Å². The molecule has 0 aliphatic heterocycles. The van der Waals surface area contributed by atoms with Crippen LogP contribution in [-0.2, 0) is 4.74 Å². The summed E-state index contributed by atoms with van der Waals surface area (Å²) in [6.07, 6.45) is 7.38. The minimum atomic E-state index is -0.439. The molecule has 1 aliphatic rings. The van der Waals surface area contributed by atoms with Crippen LogP contribution in [0.3, 0.4) is 0 Å². The molecule has 0 aromatic rings. The number of nitrogens with one attached hydrogen (secondary N) is 2. The van der Waals surface area contributed by atoms with Gasteiger partial charge in [-0.1, -0.05) is 26.2 Å². The summed E-state index contributed by atoms with van der Waals surface area (Å²) in [6.45, 7) is 10.8. The van der Waals surface area contributed by atoms with Gasteiger partial charge in [0.25, 0.3) is 0 Å². The Balaban J connectivity index is 2.31. The third-order valence-electron chi connectivity index (χ3n) is 4.26. The van der Waals surface area contributed by atoms with Gasteiger partial charge >= 0.3 is 6.09 Å². The monoisotopic (exact) mass is 298 g/mol. The molecule has 0 radical (unpaired) electrons. The zero-order chi connectivity index (χ0) is 15.9. The normalized spacial score (nSPS) is 19.9. The molecule has 0 aromatic carbocycles. The quantitative estimate of drug-likeness (QED) is 0.783. The smallest absolute Gasteiger partial charge is 0.407 e. The fourth-order valence-electron chi connectivity index (χ4n) is 2.90. The molecule has 0 heterocycles. The highest BCUT2D eigenvalue weighted by Gasteiger charge is 2.22. The Morgan fingerprint density at radius 3 is 2.38 bits per heavy atom. The molecule has 2 atom stereocenters. The van der Waals surface area contributed by atoms with Gasteiger partial charge in [0.1, 0.15) is 5.60 Å². The SMILES string of the molecule is CCC(CNC(C)C1CCCCC1)NC(=O)OC(C)(C)C. The van der Waals surface area contributed by atoms with Gasteiger partial charge in [0.15, 0.2) is 0 Å². The highest BCUT2D eigenvalue weighted by molar-refractivity contribution is 5.68. The van der Waals surface area contributed by atoms with Crippen LogP contribution in [0.4, 0.5) is 4.79 Å². The molecule has 1 saturated carbocycles. The maximum Gasteiger partial charge on any atom is 0.407 e.